The Kier molecular flexibility index (Phi) is 11.8. The maximum absolute atomic E-state index is 13.3. The maximum Gasteiger partial charge on any atom is 0.392 e. The number of nitrogens with zero attached hydrogens (tertiary/aromatic N) is 2. The van der Waals surface area contributed by atoms with Gasteiger partial charge in [-0.15, -0.1) is 0 Å². The SMILES string of the molecule is CCn1nc(C(=O)NCC2(O)CCC(C)CC2)c(Cl)c1-c1ccc([C@@](C)(O)CC(F)(F)F)cc1OC(F)F.O=S=O. The number of carbonyl (C=O) groups excluding carboxylic acids is 1. The average Bonchev–Trinajstić information content (AvgIpc) is 3.19. The van der Waals surface area contributed by atoms with Crippen LogP contribution in [0.5, 0.6) is 5.75 Å². The zero-order valence-electron chi connectivity index (χ0n) is 22.4. The molecule has 1 aliphatic carbocycles. The average molecular weight is 632 g/mol. The summed E-state index contributed by atoms with van der Waals surface area (Å²) in [5.74, 6) is -0.748. The molecule has 3 rings (SSSR count). The molecule has 1 aliphatic rings. The van der Waals surface area contributed by atoms with Crippen LogP contribution in [0, 0.1) is 5.92 Å². The molecule has 230 valence electrons. The second kappa shape index (κ2) is 14.0. The van der Waals surface area contributed by atoms with Gasteiger partial charge < -0.3 is 20.3 Å². The maximum atomic E-state index is 13.3. The van der Waals surface area contributed by atoms with Crippen LogP contribution in [0.3, 0.4) is 0 Å². The van der Waals surface area contributed by atoms with Crippen molar-refractivity contribution in [1.82, 2.24) is 15.1 Å². The van der Waals surface area contributed by atoms with Crippen LogP contribution in [-0.2, 0) is 23.7 Å². The van der Waals surface area contributed by atoms with Crippen molar-refractivity contribution in [2.45, 2.75) is 83.4 Å². The molecule has 41 heavy (non-hydrogen) atoms. The number of hydrogen-bond acceptors (Lipinski definition) is 7. The molecule has 3 N–H and O–H groups in total. The Morgan fingerprint density at radius 3 is 2.39 bits per heavy atom. The van der Waals surface area contributed by atoms with Crippen LogP contribution < -0.4 is 10.1 Å². The molecule has 0 aliphatic heterocycles. The Balaban J connectivity index is 0.00000187. The molecule has 16 heteroatoms. The Morgan fingerprint density at radius 1 is 1.29 bits per heavy atom. The number of benzene rings is 1. The fourth-order valence-electron chi connectivity index (χ4n) is 4.61. The standard InChI is InChI=1S/C25H31ClF5N3O4.O2S/c1-4-34-20(18(26)19(33-34)21(35)32-13-24(37)9-7-14(2)8-10-24)16-6-5-15(11-17(16)38-22(27)28)23(3,36)12-25(29,30)31;1-3-2/h5-6,11,14,22,36-37H,4,7-10,12-13H2,1-3H3,(H,32,35);/t14?,23-,24?;/m0./s1. The predicted octanol–water partition coefficient (Wildman–Crippen LogP) is 4.99. The van der Waals surface area contributed by atoms with Gasteiger partial charge in [0.05, 0.1) is 28.3 Å². The highest BCUT2D eigenvalue weighted by Gasteiger charge is 2.40. The minimum Gasteiger partial charge on any atom is -0.434 e. The van der Waals surface area contributed by atoms with Gasteiger partial charge in [-0.3, -0.25) is 9.48 Å². The summed E-state index contributed by atoms with van der Waals surface area (Å²) < 4.78 is 87.8. The summed E-state index contributed by atoms with van der Waals surface area (Å²) in [5, 5.41) is 27.8. The Hall–Kier alpha value is -2.62. The van der Waals surface area contributed by atoms with Gasteiger partial charge >= 0.3 is 24.4 Å². The van der Waals surface area contributed by atoms with Gasteiger partial charge in [0.1, 0.15) is 5.75 Å². The first-order valence-electron chi connectivity index (χ1n) is 12.5. The molecule has 0 spiro atoms. The summed E-state index contributed by atoms with van der Waals surface area (Å²) in [6.07, 6.45) is -3.65. The van der Waals surface area contributed by atoms with E-state index >= 15 is 0 Å². The van der Waals surface area contributed by atoms with Gasteiger partial charge in [-0.05, 0) is 63.1 Å². The highest BCUT2D eigenvalue weighted by molar-refractivity contribution is 7.51. The van der Waals surface area contributed by atoms with Gasteiger partial charge in [-0.2, -0.15) is 35.5 Å². The van der Waals surface area contributed by atoms with E-state index in [1.807, 2.05) is 0 Å². The Bertz CT molecular complexity index is 1240. The molecule has 0 radical (unpaired) electrons. The number of rotatable bonds is 9. The number of aliphatic hydroxyl groups is 2. The third-order valence-corrected chi connectivity index (χ3v) is 7.17. The fourth-order valence-corrected chi connectivity index (χ4v) is 4.94. The van der Waals surface area contributed by atoms with Crippen LogP contribution in [0.4, 0.5) is 22.0 Å². The highest BCUT2D eigenvalue weighted by atomic mass is 35.5. The van der Waals surface area contributed by atoms with Crippen LogP contribution in [0.1, 0.15) is 68.9 Å². The van der Waals surface area contributed by atoms with Crippen LogP contribution in [0.2, 0.25) is 5.02 Å². The van der Waals surface area contributed by atoms with Gasteiger partial charge in [0.25, 0.3) is 5.91 Å². The number of halogens is 6. The van der Waals surface area contributed by atoms with E-state index in [1.165, 1.54) is 10.7 Å². The lowest BCUT2D eigenvalue weighted by Gasteiger charge is -2.34. The molecular weight excluding hydrogens is 601 g/mol. The van der Waals surface area contributed by atoms with Crippen molar-refractivity contribution < 1.29 is 50.1 Å². The molecule has 1 aromatic heterocycles. The second-order valence-electron chi connectivity index (χ2n) is 10.1. The lowest BCUT2D eigenvalue weighted by molar-refractivity contribution is -0.174. The van der Waals surface area contributed by atoms with E-state index in [-0.39, 0.29) is 40.6 Å². The zero-order chi connectivity index (χ0) is 31.2. The van der Waals surface area contributed by atoms with E-state index < -0.39 is 53.6 Å². The van der Waals surface area contributed by atoms with Crippen LogP contribution in [0.25, 0.3) is 11.3 Å². The van der Waals surface area contributed by atoms with Crippen molar-refractivity contribution in [2.75, 3.05) is 6.54 Å². The van der Waals surface area contributed by atoms with Crippen molar-refractivity contribution in [3.05, 3.63) is 34.5 Å². The number of amides is 1. The molecule has 0 saturated heterocycles. The smallest absolute Gasteiger partial charge is 0.392 e. The van der Waals surface area contributed by atoms with Crippen molar-refractivity contribution in [2.24, 2.45) is 5.92 Å². The molecule has 1 amide bonds. The lowest BCUT2D eigenvalue weighted by atomic mass is 9.79. The van der Waals surface area contributed by atoms with Crippen molar-refractivity contribution >= 4 is 29.1 Å². The van der Waals surface area contributed by atoms with Gasteiger partial charge in [0.15, 0.2) is 5.69 Å². The van der Waals surface area contributed by atoms with Gasteiger partial charge in [-0.1, -0.05) is 24.6 Å². The van der Waals surface area contributed by atoms with E-state index in [9.17, 15) is 37.0 Å². The monoisotopic (exact) mass is 631 g/mol. The van der Waals surface area contributed by atoms with Crippen molar-refractivity contribution in [3.63, 3.8) is 0 Å². The van der Waals surface area contributed by atoms with E-state index in [0.29, 0.717) is 18.8 Å². The summed E-state index contributed by atoms with van der Waals surface area (Å²) in [4.78, 5) is 12.9. The summed E-state index contributed by atoms with van der Waals surface area (Å²) in [7, 11) is 0. The molecule has 1 heterocycles. The molecule has 1 aromatic carbocycles. The van der Waals surface area contributed by atoms with Gasteiger partial charge in [0.2, 0.25) is 0 Å². The van der Waals surface area contributed by atoms with Gasteiger partial charge in [-0.25, -0.2) is 0 Å². The number of alkyl halides is 5. The molecule has 0 bridgehead atoms. The number of ether oxygens (including phenoxy) is 1. The predicted molar refractivity (Wildman–Crippen MR) is 139 cm³/mol. The number of nitrogens with one attached hydrogen (secondary N) is 1. The second-order valence-corrected chi connectivity index (χ2v) is 10.7. The van der Waals surface area contributed by atoms with E-state index in [2.05, 4.69) is 22.1 Å². The quantitative estimate of drug-likeness (QED) is 0.333. The molecule has 2 aromatic rings. The normalized spacial score (nSPS) is 20.5. The highest BCUT2D eigenvalue weighted by Crippen LogP contribution is 2.42. The van der Waals surface area contributed by atoms with Gasteiger partial charge in [0, 0.05) is 18.7 Å². The third kappa shape index (κ3) is 9.45. The number of carbonyl (C=O) groups is 1. The number of aromatic nitrogens is 2. The first-order valence-corrected chi connectivity index (χ1v) is 13.6. The molecule has 1 fully saturated rings. The minimum atomic E-state index is -4.72. The van der Waals surface area contributed by atoms with Crippen LogP contribution in [0.15, 0.2) is 18.2 Å². The number of hydrogen-bond donors (Lipinski definition) is 3. The summed E-state index contributed by atoms with van der Waals surface area (Å²) in [5.41, 5.74) is -4.04. The Morgan fingerprint density at radius 2 is 1.88 bits per heavy atom. The largest absolute Gasteiger partial charge is 0.434 e. The van der Waals surface area contributed by atoms with Crippen LogP contribution >= 0.6 is 11.6 Å². The summed E-state index contributed by atoms with van der Waals surface area (Å²) >= 11 is 5.74. The van der Waals surface area contributed by atoms with Crippen molar-refractivity contribution in [3.8, 4) is 17.0 Å². The Labute approximate surface area is 241 Å². The first kappa shape index (κ1) is 34.6. The molecule has 1 atom stereocenters. The third-order valence-electron chi connectivity index (χ3n) is 6.81. The fraction of sp³-hybridized carbons (Fsp3) is 0.600. The lowest BCUT2D eigenvalue weighted by Crippen LogP contribution is -2.45. The topological polar surface area (TPSA) is 131 Å². The van der Waals surface area contributed by atoms with Crippen LogP contribution in [-0.4, -0.2) is 59.3 Å². The minimum absolute atomic E-state index is 0.0219. The molecular formula is C25H31ClF5N3O6S. The van der Waals surface area contributed by atoms with E-state index in [1.54, 1.807) is 6.92 Å². The van der Waals surface area contributed by atoms with E-state index in [0.717, 1.165) is 31.9 Å². The summed E-state index contributed by atoms with van der Waals surface area (Å²) in [6.45, 7) is 1.46. The molecule has 0 unspecified atom stereocenters. The first-order chi connectivity index (χ1) is 19.0. The molecule has 1 saturated carbocycles. The number of aryl methyl sites for hydroxylation is 1. The van der Waals surface area contributed by atoms with E-state index in [4.69, 9.17) is 20.0 Å². The summed E-state index contributed by atoms with van der Waals surface area (Å²) in [6, 6.07) is 3.21. The molecule has 9 nitrogen and oxygen atoms in total. The van der Waals surface area contributed by atoms with Crippen molar-refractivity contribution in [1.29, 1.82) is 0 Å². The zero-order valence-corrected chi connectivity index (χ0v) is 24.0.